The molecule has 7 heteroatoms. The third-order valence-electron chi connectivity index (χ3n) is 6.53. The number of carbonyl (C=O) groups is 2. The topological polar surface area (TPSA) is 101 Å². The molecule has 2 aromatic carbocycles. The molecule has 0 spiro atoms. The van der Waals surface area contributed by atoms with Gasteiger partial charge in [0.25, 0.3) is 0 Å². The Bertz CT molecular complexity index is 1460. The van der Waals surface area contributed by atoms with Gasteiger partial charge < -0.3 is 18.8 Å². The van der Waals surface area contributed by atoms with Gasteiger partial charge in [0.05, 0.1) is 18.2 Å². The lowest BCUT2D eigenvalue weighted by Crippen LogP contribution is -2.41. The number of rotatable bonds is 4. The van der Waals surface area contributed by atoms with Gasteiger partial charge in [0, 0.05) is 28.9 Å². The predicted molar refractivity (Wildman–Crippen MR) is 123 cm³/mol. The number of nitrogens with zero attached hydrogens (tertiary/aromatic N) is 1. The zero-order valence-corrected chi connectivity index (χ0v) is 18.4. The highest BCUT2D eigenvalue weighted by Gasteiger charge is 2.34. The number of aryl methyl sites for hydroxylation is 2. The Morgan fingerprint density at radius 2 is 1.85 bits per heavy atom. The van der Waals surface area contributed by atoms with E-state index >= 15 is 0 Å². The molecule has 0 unspecified atom stereocenters. The highest BCUT2D eigenvalue weighted by molar-refractivity contribution is 6.02. The summed E-state index contributed by atoms with van der Waals surface area (Å²) in [5.41, 5.74) is 4.40. The fourth-order valence-corrected chi connectivity index (χ4v) is 4.65. The van der Waals surface area contributed by atoms with Crippen LogP contribution in [0.3, 0.4) is 0 Å². The first-order valence-electron chi connectivity index (χ1n) is 10.9. The number of carboxylic acids is 1. The van der Waals surface area contributed by atoms with Gasteiger partial charge in [-0.05, 0) is 43.9 Å². The summed E-state index contributed by atoms with van der Waals surface area (Å²) >= 11 is 0. The lowest BCUT2D eigenvalue weighted by atomic mass is 9.99. The monoisotopic (exact) mass is 445 g/mol. The quantitative estimate of drug-likeness (QED) is 0.466. The molecule has 4 aromatic rings. The number of amides is 1. The molecule has 0 saturated carbocycles. The summed E-state index contributed by atoms with van der Waals surface area (Å²) in [5.74, 6) is -1.39. The second-order valence-corrected chi connectivity index (χ2v) is 8.61. The highest BCUT2D eigenvalue weighted by atomic mass is 16.4. The zero-order valence-electron chi connectivity index (χ0n) is 18.4. The summed E-state index contributed by atoms with van der Waals surface area (Å²) in [5, 5.41) is 11.0. The number of likely N-dealkylation sites (tertiary alicyclic amines) is 1. The van der Waals surface area contributed by atoms with E-state index in [4.69, 9.17) is 8.83 Å². The number of carboxylic acid groups (broad SMARTS) is 1. The van der Waals surface area contributed by atoms with Crippen molar-refractivity contribution in [2.24, 2.45) is 0 Å². The third-order valence-corrected chi connectivity index (χ3v) is 6.53. The molecule has 1 aliphatic rings. The van der Waals surface area contributed by atoms with E-state index in [1.165, 1.54) is 4.90 Å². The fourth-order valence-electron chi connectivity index (χ4n) is 4.65. The molecule has 168 valence electrons. The van der Waals surface area contributed by atoms with Crippen molar-refractivity contribution in [2.75, 3.05) is 6.54 Å². The van der Waals surface area contributed by atoms with Gasteiger partial charge in [-0.25, -0.2) is 9.59 Å². The van der Waals surface area contributed by atoms with Gasteiger partial charge in [-0.1, -0.05) is 29.8 Å². The molecule has 1 atom stereocenters. The first kappa shape index (κ1) is 21.0. The van der Waals surface area contributed by atoms with Crippen LogP contribution in [-0.4, -0.2) is 34.5 Å². The summed E-state index contributed by atoms with van der Waals surface area (Å²) in [4.78, 5) is 38.4. The average Bonchev–Trinajstić information content (AvgIpc) is 3.43. The number of carbonyl (C=O) groups excluding carboxylic acids is 1. The van der Waals surface area contributed by atoms with E-state index in [0.717, 1.165) is 27.5 Å². The van der Waals surface area contributed by atoms with Crippen LogP contribution >= 0.6 is 0 Å². The minimum Gasteiger partial charge on any atom is -0.480 e. The molecule has 1 fully saturated rings. The van der Waals surface area contributed by atoms with Gasteiger partial charge in [0.2, 0.25) is 5.91 Å². The van der Waals surface area contributed by atoms with Crippen LogP contribution in [0.25, 0.3) is 33.1 Å². The van der Waals surface area contributed by atoms with Crippen molar-refractivity contribution in [3.63, 3.8) is 0 Å². The molecule has 0 bridgehead atoms. The van der Waals surface area contributed by atoms with E-state index in [1.54, 1.807) is 19.3 Å². The molecule has 7 nitrogen and oxygen atoms in total. The zero-order chi connectivity index (χ0) is 23.3. The largest absolute Gasteiger partial charge is 0.480 e. The summed E-state index contributed by atoms with van der Waals surface area (Å²) in [6.07, 6.45) is 2.55. The molecule has 33 heavy (non-hydrogen) atoms. The van der Waals surface area contributed by atoms with Crippen molar-refractivity contribution >= 4 is 33.8 Å². The Hall–Kier alpha value is -3.87. The first-order valence-corrected chi connectivity index (χ1v) is 10.9. The summed E-state index contributed by atoms with van der Waals surface area (Å²) < 4.78 is 11.3. The Balaban J connectivity index is 1.58. The minimum atomic E-state index is -1.02. The number of furan rings is 1. The second-order valence-electron chi connectivity index (χ2n) is 8.61. The number of fused-ring (bicyclic) bond motifs is 2. The van der Waals surface area contributed by atoms with Crippen LogP contribution in [-0.2, 0) is 16.0 Å². The molecule has 2 aromatic heterocycles. The van der Waals surface area contributed by atoms with Crippen LogP contribution < -0.4 is 5.63 Å². The molecule has 1 amide bonds. The van der Waals surface area contributed by atoms with Crippen LogP contribution in [0.2, 0.25) is 0 Å². The maximum absolute atomic E-state index is 12.9. The predicted octanol–water partition coefficient (Wildman–Crippen LogP) is 4.44. The van der Waals surface area contributed by atoms with Crippen LogP contribution in [0.4, 0.5) is 0 Å². The van der Waals surface area contributed by atoms with Crippen molar-refractivity contribution in [2.45, 2.75) is 39.2 Å². The van der Waals surface area contributed by atoms with Gasteiger partial charge in [0.1, 0.15) is 17.2 Å². The van der Waals surface area contributed by atoms with Crippen molar-refractivity contribution in [3.05, 3.63) is 69.8 Å². The van der Waals surface area contributed by atoms with Gasteiger partial charge in [-0.15, -0.1) is 0 Å². The van der Waals surface area contributed by atoms with Gasteiger partial charge in [0.15, 0.2) is 0 Å². The molecule has 3 heterocycles. The molecule has 5 rings (SSSR count). The maximum Gasteiger partial charge on any atom is 0.340 e. The first-order chi connectivity index (χ1) is 15.8. The number of hydrogen-bond donors (Lipinski definition) is 1. The Morgan fingerprint density at radius 3 is 2.58 bits per heavy atom. The summed E-state index contributed by atoms with van der Waals surface area (Å²) in [7, 11) is 0. The second kappa shape index (κ2) is 7.92. The molecule has 1 aliphatic heterocycles. The number of aliphatic carboxylic acids is 1. The van der Waals surface area contributed by atoms with Crippen LogP contribution in [0.1, 0.15) is 29.5 Å². The molecule has 1 saturated heterocycles. The van der Waals surface area contributed by atoms with Crippen molar-refractivity contribution < 1.29 is 23.5 Å². The van der Waals surface area contributed by atoms with Crippen molar-refractivity contribution in [1.82, 2.24) is 4.90 Å². The van der Waals surface area contributed by atoms with Gasteiger partial charge in [-0.2, -0.15) is 0 Å². The minimum absolute atomic E-state index is 0.192. The standard InChI is InChI=1S/C26H23NO6/c1-14-5-7-16(8-6-14)20-13-32-22-12-23-17(10-19(20)22)15(2)18(26(31)33-23)11-24(28)27-9-3-4-21(27)25(29)30/h5-8,10,12-13,21H,3-4,9,11H2,1-2H3,(H,29,30)/t21-/m1/s1. The molecular weight excluding hydrogens is 422 g/mol. The van der Waals surface area contributed by atoms with Crippen molar-refractivity contribution in [3.8, 4) is 11.1 Å². The van der Waals surface area contributed by atoms with E-state index in [9.17, 15) is 19.5 Å². The van der Waals surface area contributed by atoms with Crippen LogP contribution in [0.15, 0.2) is 56.3 Å². The summed E-state index contributed by atoms with van der Waals surface area (Å²) in [6, 6.07) is 10.9. The molecular formula is C26H23NO6. The lowest BCUT2D eigenvalue weighted by Gasteiger charge is -2.21. The molecule has 0 aliphatic carbocycles. The number of hydrogen-bond acceptors (Lipinski definition) is 5. The number of benzene rings is 2. The van der Waals surface area contributed by atoms with E-state index in [-0.39, 0.29) is 17.9 Å². The fraction of sp³-hybridized carbons (Fsp3) is 0.269. The molecule has 1 N–H and O–H groups in total. The van der Waals surface area contributed by atoms with Crippen LogP contribution in [0, 0.1) is 13.8 Å². The van der Waals surface area contributed by atoms with E-state index < -0.39 is 17.6 Å². The van der Waals surface area contributed by atoms with Gasteiger partial charge >= 0.3 is 11.6 Å². The average molecular weight is 445 g/mol. The van der Waals surface area contributed by atoms with Crippen LogP contribution in [0.5, 0.6) is 0 Å². The normalized spacial score (nSPS) is 16.1. The SMILES string of the molecule is Cc1ccc(-c2coc3cc4oc(=O)c(CC(=O)N5CCC[C@@H]5C(=O)O)c(C)c4cc23)cc1. The Kier molecular flexibility index (Phi) is 5.04. The smallest absolute Gasteiger partial charge is 0.340 e. The highest BCUT2D eigenvalue weighted by Crippen LogP contribution is 2.35. The van der Waals surface area contributed by atoms with Gasteiger partial charge in [-0.3, -0.25) is 4.79 Å². The van der Waals surface area contributed by atoms with E-state index in [2.05, 4.69) is 0 Å². The Morgan fingerprint density at radius 1 is 1.09 bits per heavy atom. The lowest BCUT2D eigenvalue weighted by molar-refractivity contribution is -0.148. The van der Waals surface area contributed by atoms with E-state index in [0.29, 0.717) is 36.1 Å². The molecule has 0 radical (unpaired) electrons. The maximum atomic E-state index is 12.9. The Labute approximate surface area is 189 Å². The van der Waals surface area contributed by atoms with E-state index in [1.807, 2.05) is 37.3 Å². The third kappa shape index (κ3) is 3.59. The van der Waals surface area contributed by atoms with Crippen molar-refractivity contribution in [1.29, 1.82) is 0 Å². The summed E-state index contributed by atoms with van der Waals surface area (Å²) in [6.45, 7) is 4.20.